The van der Waals surface area contributed by atoms with Crippen molar-refractivity contribution in [2.24, 2.45) is 0 Å². The van der Waals surface area contributed by atoms with Crippen molar-refractivity contribution >= 4 is 22.6 Å². The van der Waals surface area contributed by atoms with E-state index in [2.05, 4.69) is 4.98 Å². The molecule has 3 aromatic rings. The van der Waals surface area contributed by atoms with E-state index in [0.29, 0.717) is 56.3 Å². The standard InChI is InChI=1S/C25H26FN3O5/c26-20-12-18-21(29(16-6-10-33-11-7-16)14-19(24(18)30)25(31)32)13-22(20)28-9-3-4-17(28)15-34-23-5-1-2-8-27-23/h1-2,5,8,12-14,16-17H,3-4,6-7,9-11,15H2,(H,31,32)/t17-/m1/s1. The third-order valence-electron chi connectivity index (χ3n) is 6.66. The van der Waals surface area contributed by atoms with Crippen LogP contribution >= 0.6 is 0 Å². The van der Waals surface area contributed by atoms with Crippen LogP contribution in [0.4, 0.5) is 10.1 Å². The van der Waals surface area contributed by atoms with Crippen LogP contribution in [0.15, 0.2) is 47.5 Å². The quantitative estimate of drug-likeness (QED) is 0.592. The molecule has 1 N–H and O–H groups in total. The number of ether oxygens (including phenoxy) is 2. The molecule has 2 saturated heterocycles. The van der Waals surface area contributed by atoms with E-state index in [-0.39, 0.29) is 23.0 Å². The molecule has 0 amide bonds. The van der Waals surface area contributed by atoms with Crippen molar-refractivity contribution < 1.29 is 23.8 Å². The molecule has 5 rings (SSSR count). The molecule has 34 heavy (non-hydrogen) atoms. The van der Waals surface area contributed by atoms with Crippen molar-refractivity contribution in [1.82, 2.24) is 9.55 Å². The van der Waals surface area contributed by atoms with Crippen LogP contribution in [0.5, 0.6) is 5.88 Å². The lowest BCUT2D eigenvalue weighted by Gasteiger charge is -2.29. The van der Waals surface area contributed by atoms with E-state index in [9.17, 15) is 14.7 Å². The predicted octanol–water partition coefficient (Wildman–Crippen LogP) is 3.63. The molecular formula is C25H26FN3O5. The van der Waals surface area contributed by atoms with Gasteiger partial charge in [-0.25, -0.2) is 14.2 Å². The van der Waals surface area contributed by atoms with Crippen LogP contribution < -0.4 is 15.1 Å². The zero-order chi connectivity index (χ0) is 23.7. The Morgan fingerprint density at radius 2 is 2.06 bits per heavy atom. The summed E-state index contributed by atoms with van der Waals surface area (Å²) in [6.07, 6.45) is 6.16. The molecule has 0 saturated carbocycles. The van der Waals surface area contributed by atoms with Crippen molar-refractivity contribution in [2.45, 2.75) is 37.8 Å². The lowest BCUT2D eigenvalue weighted by molar-refractivity contribution is 0.0681. The summed E-state index contributed by atoms with van der Waals surface area (Å²) in [5, 5.41) is 9.65. The molecule has 2 aliphatic heterocycles. The summed E-state index contributed by atoms with van der Waals surface area (Å²) in [7, 11) is 0. The lowest BCUT2D eigenvalue weighted by Crippen LogP contribution is -2.35. The SMILES string of the molecule is O=C(O)c1cn(C2CCOCC2)c2cc(N3CCC[C@@H]3COc3ccccn3)c(F)cc2c1=O. The van der Waals surface area contributed by atoms with Gasteiger partial charge in [0.25, 0.3) is 0 Å². The fourth-order valence-electron chi connectivity index (χ4n) is 4.94. The highest BCUT2D eigenvalue weighted by molar-refractivity contribution is 5.93. The van der Waals surface area contributed by atoms with Crippen molar-refractivity contribution in [2.75, 3.05) is 31.3 Å². The van der Waals surface area contributed by atoms with Crippen LogP contribution in [0.25, 0.3) is 10.9 Å². The number of nitrogens with zero attached hydrogens (tertiary/aromatic N) is 3. The number of aromatic nitrogens is 2. The molecule has 8 nitrogen and oxygen atoms in total. The summed E-state index contributed by atoms with van der Waals surface area (Å²) in [4.78, 5) is 30.8. The average molecular weight is 467 g/mol. The van der Waals surface area contributed by atoms with E-state index in [0.717, 1.165) is 12.8 Å². The molecule has 2 aromatic heterocycles. The first-order valence-electron chi connectivity index (χ1n) is 11.5. The van der Waals surface area contributed by atoms with Crippen LogP contribution in [0, 0.1) is 5.82 Å². The number of hydrogen-bond acceptors (Lipinski definition) is 6. The van der Waals surface area contributed by atoms with Crippen molar-refractivity contribution in [3.05, 3.63) is 64.3 Å². The van der Waals surface area contributed by atoms with E-state index in [1.807, 2.05) is 21.6 Å². The topological polar surface area (TPSA) is 93.9 Å². The number of pyridine rings is 2. The number of benzene rings is 1. The van der Waals surface area contributed by atoms with E-state index >= 15 is 4.39 Å². The second-order valence-electron chi connectivity index (χ2n) is 8.72. The van der Waals surface area contributed by atoms with E-state index < -0.39 is 17.2 Å². The second-order valence-corrected chi connectivity index (χ2v) is 8.72. The molecule has 0 unspecified atom stereocenters. The van der Waals surface area contributed by atoms with Crippen molar-refractivity contribution in [3.8, 4) is 5.88 Å². The summed E-state index contributed by atoms with van der Waals surface area (Å²) >= 11 is 0. The maximum absolute atomic E-state index is 15.4. The molecule has 0 bridgehead atoms. The molecule has 4 heterocycles. The summed E-state index contributed by atoms with van der Waals surface area (Å²) < 4.78 is 28.5. The Bertz CT molecular complexity index is 1260. The monoisotopic (exact) mass is 467 g/mol. The Morgan fingerprint density at radius 1 is 1.24 bits per heavy atom. The minimum atomic E-state index is -1.32. The lowest BCUT2D eigenvalue weighted by atomic mass is 10.0. The minimum Gasteiger partial charge on any atom is -0.477 e. The molecule has 1 atom stereocenters. The Morgan fingerprint density at radius 3 is 2.79 bits per heavy atom. The molecule has 0 spiro atoms. The van der Waals surface area contributed by atoms with Crippen LogP contribution in [-0.2, 0) is 4.74 Å². The molecule has 178 valence electrons. The summed E-state index contributed by atoms with van der Waals surface area (Å²) in [6, 6.07) is 8.23. The van der Waals surface area contributed by atoms with Crippen LogP contribution in [0.2, 0.25) is 0 Å². The first kappa shape index (κ1) is 22.3. The predicted molar refractivity (Wildman–Crippen MR) is 124 cm³/mol. The highest BCUT2D eigenvalue weighted by Crippen LogP contribution is 2.33. The third-order valence-corrected chi connectivity index (χ3v) is 6.66. The van der Waals surface area contributed by atoms with Gasteiger partial charge in [0.2, 0.25) is 11.3 Å². The van der Waals surface area contributed by atoms with Gasteiger partial charge in [-0.15, -0.1) is 0 Å². The van der Waals surface area contributed by atoms with Crippen LogP contribution in [0.3, 0.4) is 0 Å². The van der Waals surface area contributed by atoms with Gasteiger partial charge < -0.3 is 24.0 Å². The number of carboxylic acids is 1. The summed E-state index contributed by atoms with van der Waals surface area (Å²) in [5.74, 6) is -1.35. The van der Waals surface area contributed by atoms with Gasteiger partial charge in [0.1, 0.15) is 18.0 Å². The number of anilines is 1. The number of carboxylic acid groups (broad SMARTS) is 1. The summed E-state index contributed by atoms with van der Waals surface area (Å²) in [5.41, 5.74) is -0.0980. The highest BCUT2D eigenvalue weighted by atomic mass is 19.1. The van der Waals surface area contributed by atoms with Gasteiger partial charge in [0.15, 0.2) is 0 Å². The average Bonchev–Trinajstić information content (AvgIpc) is 3.32. The highest BCUT2D eigenvalue weighted by Gasteiger charge is 2.29. The van der Waals surface area contributed by atoms with Gasteiger partial charge in [-0.1, -0.05) is 6.07 Å². The fraction of sp³-hybridized carbons (Fsp3) is 0.400. The first-order valence-corrected chi connectivity index (χ1v) is 11.5. The maximum Gasteiger partial charge on any atom is 0.341 e. The van der Waals surface area contributed by atoms with Gasteiger partial charge >= 0.3 is 5.97 Å². The third kappa shape index (κ3) is 4.23. The van der Waals surface area contributed by atoms with Gasteiger partial charge in [-0.05, 0) is 43.9 Å². The number of halogens is 1. The zero-order valence-electron chi connectivity index (χ0n) is 18.7. The molecule has 2 aliphatic rings. The fourth-order valence-corrected chi connectivity index (χ4v) is 4.94. The maximum atomic E-state index is 15.4. The van der Waals surface area contributed by atoms with Crippen molar-refractivity contribution in [3.63, 3.8) is 0 Å². The van der Waals surface area contributed by atoms with Crippen LogP contribution in [-0.4, -0.2) is 53.0 Å². The number of aromatic carboxylic acids is 1. The van der Waals surface area contributed by atoms with E-state index in [1.165, 1.54) is 12.3 Å². The Hall–Kier alpha value is -3.46. The smallest absolute Gasteiger partial charge is 0.341 e. The Kier molecular flexibility index (Phi) is 6.19. The van der Waals surface area contributed by atoms with Crippen LogP contribution in [0.1, 0.15) is 42.1 Å². The van der Waals surface area contributed by atoms with Gasteiger partial charge in [-0.2, -0.15) is 0 Å². The largest absolute Gasteiger partial charge is 0.477 e. The molecular weight excluding hydrogens is 441 g/mol. The van der Waals surface area contributed by atoms with Crippen molar-refractivity contribution in [1.29, 1.82) is 0 Å². The number of hydrogen-bond donors (Lipinski definition) is 1. The minimum absolute atomic E-state index is 0.0323. The molecule has 1 aromatic carbocycles. The van der Waals surface area contributed by atoms with Gasteiger partial charge in [0.05, 0.1) is 17.2 Å². The molecule has 2 fully saturated rings. The number of fused-ring (bicyclic) bond motifs is 1. The molecule has 9 heteroatoms. The van der Waals surface area contributed by atoms with E-state index in [4.69, 9.17) is 9.47 Å². The summed E-state index contributed by atoms with van der Waals surface area (Å²) in [6.45, 7) is 2.12. The number of rotatable bonds is 6. The number of carbonyl (C=O) groups is 1. The Labute approximate surface area is 195 Å². The molecule has 0 aliphatic carbocycles. The zero-order valence-corrected chi connectivity index (χ0v) is 18.7. The normalized spacial score (nSPS) is 19.0. The molecule has 0 radical (unpaired) electrons. The second kappa shape index (κ2) is 9.42. The van der Waals surface area contributed by atoms with Gasteiger partial charge in [-0.3, -0.25) is 4.79 Å². The van der Waals surface area contributed by atoms with E-state index in [1.54, 1.807) is 18.3 Å². The Balaban J connectivity index is 1.55. The first-order chi connectivity index (χ1) is 16.5. The van der Waals surface area contributed by atoms with Gasteiger partial charge in [0, 0.05) is 49.6 Å².